The summed E-state index contributed by atoms with van der Waals surface area (Å²) in [6.45, 7) is 4.25. The van der Waals surface area contributed by atoms with Gasteiger partial charge in [0.25, 0.3) is 0 Å². The van der Waals surface area contributed by atoms with Crippen molar-refractivity contribution in [3.8, 4) is 6.07 Å². The second kappa shape index (κ2) is 5.67. The van der Waals surface area contributed by atoms with Crippen molar-refractivity contribution < 1.29 is 0 Å². The van der Waals surface area contributed by atoms with Crippen LogP contribution in [0.3, 0.4) is 0 Å². The summed E-state index contributed by atoms with van der Waals surface area (Å²) < 4.78 is 2.02. The maximum absolute atomic E-state index is 9.41. The molecule has 0 amide bonds. The molecule has 0 atom stereocenters. The fraction of sp³-hybridized carbons (Fsp3) is 0.167. The fourth-order valence-corrected chi connectivity index (χ4v) is 3.35. The number of aromatic nitrogens is 1. The minimum absolute atomic E-state index is 0.784. The molecule has 21 heavy (non-hydrogen) atoms. The van der Waals surface area contributed by atoms with Gasteiger partial charge in [0.05, 0.1) is 11.1 Å². The van der Waals surface area contributed by atoms with Gasteiger partial charge in [0.2, 0.25) is 0 Å². The smallest absolute Gasteiger partial charge is 0.102 e. The van der Waals surface area contributed by atoms with E-state index in [0.29, 0.717) is 0 Å². The van der Waals surface area contributed by atoms with Crippen molar-refractivity contribution in [3.63, 3.8) is 0 Å². The van der Waals surface area contributed by atoms with E-state index >= 15 is 0 Å². The van der Waals surface area contributed by atoms with Gasteiger partial charge in [0, 0.05) is 23.0 Å². The molecule has 0 bridgehead atoms. The molecular formula is C18H16N2S. The van der Waals surface area contributed by atoms with Crippen LogP contribution in [0.25, 0.3) is 5.52 Å². The third-order valence-electron chi connectivity index (χ3n) is 3.75. The van der Waals surface area contributed by atoms with Crippen LogP contribution < -0.4 is 0 Å². The zero-order valence-electron chi connectivity index (χ0n) is 12.1. The first-order chi connectivity index (χ1) is 10.2. The molecule has 0 N–H and O–H groups in total. The zero-order valence-corrected chi connectivity index (χ0v) is 12.9. The second-order valence-electron chi connectivity index (χ2n) is 5.17. The van der Waals surface area contributed by atoms with Gasteiger partial charge in [-0.2, -0.15) is 5.26 Å². The van der Waals surface area contributed by atoms with E-state index in [1.807, 2.05) is 28.8 Å². The maximum Gasteiger partial charge on any atom is 0.102 e. The largest absolute Gasteiger partial charge is 0.322 e. The van der Waals surface area contributed by atoms with Gasteiger partial charge in [0.1, 0.15) is 6.07 Å². The highest BCUT2D eigenvalue weighted by molar-refractivity contribution is 7.98. The van der Waals surface area contributed by atoms with Gasteiger partial charge in [-0.05, 0) is 54.8 Å². The molecule has 0 unspecified atom stereocenters. The van der Waals surface area contributed by atoms with E-state index in [-0.39, 0.29) is 0 Å². The fourth-order valence-electron chi connectivity index (χ4n) is 2.38. The van der Waals surface area contributed by atoms with Crippen molar-refractivity contribution in [2.24, 2.45) is 0 Å². The number of benzene rings is 1. The number of fused-ring (bicyclic) bond motifs is 1. The van der Waals surface area contributed by atoms with Crippen LogP contribution in [0.15, 0.2) is 53.7 Å². The van der Waals surface area contributed by atoms with E-state index in [2.05, 4.69) is 44.3 Å². The third kappa shape index (κ3) is 2.68. The molecule has 0 aliphatic heterocycles. The maximum atomic E-state index is 9.41. The minimum atomic E-state index is 0.784. The van der Waals surface area contributed by atoms with Crippen molar-refractivity contribution >= 4 is 17.3 Å². The van der Waals surface area contributed by atoms with E-state index in [1.165, 1.54) is 16.0 Å². The van der Waals surface area contributed by atoms with Crippen molar-refractivity contribution in [1.29, 1.82) is 5.26 Å². The lowest BCUT2D eigenvalue weighted by Crippen LogP contribution is -1.84. The van der Waals surface area contributed by atoms with Crippen LogP contribution in [0.4, 0.5) is 0 Å². The van der Waals surface area contributed by atoms with Gasteiger partial charge < -0.3 is 4.40 Å². The standard InChI is InChI=1S/C18H16N2S/c1-13-6-7-16(9-14(13)2)21-12-15-11-20-8-4-3-5-18(20)17(15)10-19/h3-9,11H,12H2,1-2H3. The van der Waals surface area contributed by atoms with Crippen molar-refractivity contribution in [3.05, 3.63) is 71.0 Å². The summed E-state index contributed by atoms with van der Waals surface area (Å²) in [5.41, 5.74) is 5.48. The zero-order chi connectivity index (χ0) is 14.8. The van der Waals surface area contributed by atoms with E-state index in [4.69, 9.17) is 0 Å². The van der Waals surface area contributed by atoms with E-state index in [0.717, 1.165) is 22.4 Å². The summed E-state index contributed by atoms with van der Waals surface area (Å²) in [5.74, 6) is 0.813. The Kier molecular flexibility index (Phi) is 3.72. The Labute approximate surface area is 129 Å². The lowest BCUT2D eigenvalue weighted by atomic mass is 10.1. The summed E-state index contributed by atoms with van der Waals surface area (Å²) in [5, 5.41) is 9.41. The molecule has 3 aromatic rings. The summed E-state index contributed by atoms with van der Waals surface area (Å²) in [7, 11) is 0. The number of pyridine rings is 1. The first-order valence-corrected chi connectivity index (χ1v) is 7.86. The van der Waals surface area contributed by atoms with Crippen LogP contribution in [0.2, 0.25) is 0 Å². The first-order valence-electron chi connectivity index (χ1n) is 6.88. The number of nitrogens with zero attached hydrogens (tertiary/aromatic N) is 2. The van der Waals surface area contributed by atoms with Gasteiger partial charge in [-0.25, -0.2) is 0 Å². The molecule has 0 spiro atoms. The lowest BCUT2D eigenvalue weighted by molar-refractivity contribution is 1.18. The third-order valence-corrected chi connectivity index (χ3v) is 4.79. The molecule has 1 aromatic carbocycles. The lowest BCUT2D eigenvalue weighted by Gasteiger charge is -2.04. The predicted octanol–water partition coefficient (Wildman–Crippen LogP) is 4.72. The van der Waals surface area contributed by atoms with Crippen LogP contribution in [0.5, 0.6) is 0 Å². The molecule has 2 heterocycles. The van der Waals surface area contributed by atoms with Crippen molar-refractivity contribution in [2.45, 2.75) is 24.5 Å². The van der Waals surface area contributed by atoms with Gasteiger partial charge in [-0.3, -0.25) is 0 Å². The molecule has 3 heteroatoms. The average molecular weight is 292 g/mol. The summed E-state index contributed by atoms with van der Waals surface area (Å²) in [6, 6.07) is 14.8. The second-order valence-corrected chi connectivity index (χ2v) is 6.22. The van der Waals surface area contributed by atoms with Gasteiger partial charge in [-0.1, -0.05) is 12.1 Å². The Morgan fingerprint density at radius 2 is 2.00 bits per heavy atom. The molecule has 2 aromatic heterocycles. The minimum Gasteiger partial charge on any atom is -0.322 e. The van der Waals surface area contributed by atoms with E-state index in [9.17, 15) is 5.26 Å². The highest BCUT2D eigenvalue weighted by Gasteiger charge is 2.10. The number of nitriles is 1. The van der Waals surface area contributed by atoms with Gasteiger partial charge in [0.15, 0.2) is 0 Å². The number of rotatable bonds is 3. The van der Waals surface area contributed by atoms with Crippen LogP contribution in [-0.2, 0) is 5.75 Å². The highest BCUT2D eigenvalue weighted by atomic mass is 32.2. The van der Waals surface area contributed by atoms with Crippen molar-refractivity contribution in [1.82, 2.24) is 4.40 Å². The topological polar surface area (TPSA) is 28.2 Å². The molecule has 0 aliphatic carbocycles. The summed E-state index contributed by atoms with van der Waals surface area (Å²) in [6.07, 6.45) is 4.04. The van der Waals surface area contributed by atoms with Crippen LogP contribution >= 0.6 is 11.8 Å². The van der Waals surface area contributed by atoms with E-state index < -0.39 is 0 Å². The molecule has 0 saturated heterocycles. The Bertz CT molecular complexity index is 840. The number of aryl methyl sites for hydroxylation is 2. The molecule has 104 valence electrons. The Balaban J connectivity index is 1.88. The Morgan fingerprint density at radius 3 is 2.76 bits per heavy atom. The molecule has 0 fully saturated rings. The Morgan fingerprint density at radius 1 is 1.14 bits per heavy atom. The normalized spacial score (nSPS) is 10.7. The average Bonchev–Trinajstić information content (AvgIpc) is 2.86. The van der Waals surface area contributed by atoms with Crippen LogP contribution in [-0.4, -0.2) is 4.40 Å². The molecule has 0 saturated carbocycles. The molecule has 0 aliphatic rings. The monoisotopic (exact) mass is 292 g/mol. The number of thioether (sulfide) groups is 1. The molecular weight excluding hydrogens is 276 g/mol. The number of hydrogen-bond donors (Lipinski definition) is 0. The molecule has 3 rings (SSSR count). The highest BCUT2D eigenvalue weighted by Crippen LogP contribution is 2.28. The first kappa shape index (κ1) is 13.8. The number of hydrogen-bond acceptors (Lipinski definition) is 2. The van der Waals surface area contributed by atoms with Crippen molar-refractivity contribution in [2.75, 3.05) is 0 Å². The van der Waals surface area contributed by atoms with Gasteiger partial charge >= 0.3 is 0 Å². The molecule has 0 radical (unpaired) electrons. The van der Waals surface area contributed by atoms with E-state index in [1.54, 1.807) is 11.8 Å². The van der Waals surface area contributed by atoms with Gasteiger partial charge in [-0.15, -0.1) is 11.8 Å². The molecule has 2 nitrogen and oxygen atoms in total. The predicted molar refractivity (Wildman–Crippen MR) is 87.6 cm³/mol. The summed E-state index contributed by atoms with van der Waals surface area (Å²) in [4.78, 5) is 1.25. The summed E-state index contributed by atoms with van der Waals surface area (Å²) >= 11 is 1.78. The Hall–Kier alpha value is -2.18. The van der Waals surface area contributed by atoms with Crippen LogP contribution in [0.1, 0.15) is 22.3 Å². The SMILES string of the molecule is Cc1ccc(SCc2cn3ccccc3c2C#N)cc1C. The van der Waals surface area contributed by atoms with Crippen LogP contribution in [0, 0.1) is 25.2 Å². The quantitative estimate of drug-likeness (QED) is 0.653.